The Morgan fingerprint density at radius 3 is 2.39 bits per heavy atom. The van der Waals surface area contributed by atoms with E-state index in [-0.39, 0.29) is 0 Å². The molecule has 0 aromatic carbocycles. The molecule has 116 valence electrons. The second-order valence-corrected chi connectivity index (χ2v) is 5.79. The van der Waals surface area contributed by atoms with Crippen molar-refractivity contribution in [3.8, 4) is 11.4 Å². The maximum Gasteiger partial charge on any atom is 0.162 e. The Balaban J connectivity index is 1.84. The molecule has 4 rings (SSSR count). The van der Waals surface area contributed by atoms with Crippen LogP contribution in [0.3, 0.4) is 0 Å². The highest BCUT2D eigenvalue weighted by molar-refractivity contribution is 5.90. The van der Waals surface area contributed by atoms with E-state index in [1.54, 1.807) is 24.8 Å². The van der Waals surface area contributed by atoms with E-state index in [0.29, 0.717) is 0 Å². The molecule has 23 heavy (non-hydrogen) atoms. The number of likely N-dealkylation sites (N-methyl/N-ethyl adjacent to an activating group) is 1. The highest BCUT2D eigenvalue weighted by Crippen LogP contribution is 2.27. The second kappa shape index (κ2) is 5.89. The lowest BCUT2D eigenvalue weighted by Crippen LogP contribution is -2.45. The van der Waals surface area contributed by atoms with Crippen molar-refractivity contribution in [2.75, 3.05) is 38.1 Å². The summed E-state index contributed by atoms with van der Waals surface area (Å²) in [6.45, 7) is 4.03. The molecule has 0 N–H and O–H groups in total. The van der Waals surface area contributed by atoms with Crippen molar-refractivity contribution in [3.05, 3.63) is 43.0 Å². The van der Waals surface area contributed by atoms with Crippen LogP contribution in [-0.4, -0.2) is 58.1 Å². The third-order valence-electron chi connectivity index (χ3n) is 4.22. The van der Waals surface area contributed by atoms with Gasteiger partial charge in [0, 0.05) is 55.7 Å². The van der Waals surface area contributed by atoms with E-state index in [9.17, 15) is 0 Å². The van der Waals surface area contributed by atoms with Crippen molar-refractivity contribution in [1.29, 1.82) is 0 Å². The van der Waals surface area contributed by atoms with E-state index in [0.717, 1.165) is 54.3 Å². The summed E-state index contributed by atoms with van der Waals surface area (Å²) in [4.78, 5) is 22.5. The summed E-state index contributed by atoms with van der Waals surface area (Å²) in [7, 11) is 2.15. The Labute approximate surface area is 134 Å². The van der Waals surface area contributed by atoms with Crippen LogP contribution >= 0.6 is 0 Å². The molecule has 4 heterocycles. The van der Waals surface area contributed by atoms with Crippen molar-refractivity contribution in [3.63, 3.8) is 0 Å². The third-order valence-corrected chi connectivity index (χ3v) is 4.22. The molecule has 1 aliphatic heterocycles. The van der Waals surface area contributed by atoms with Crippen molar-refractivity contribution in [2.24, 2.45) is 0 Å². The molecule has 0 atom stereocenters. The fourth-order valence-electron chi connectivity index (χ4n) is 2.85. The zero-order chi connectivity index (χ0) is 15.6. The molecule has 1 saturated heterocycles. The van der Waals surface area contributed by atoms with Gasteiger partial charge in [0.2, 0.25) is 0 Å². The quantitative estimate of drug-likeness (QED) is 0.720. The summed E-state index contributed by atoms with van der Waals surface area (Å²) in [6, 6.07) is 5.87. The van der Waals surface area contributed by atoms with Gasteiger partial charge in [-0.15, -0.1) is 0 Å². The Morgan fingerprint density at radius 1 is 0.870 bits per heavy atom. The van der Waals surface area contributed by atoms with Gasteiger partial charge in [0.25, 0.3) is 0 Å². The third kappa shape index (κ3) is 2.73. The molecular weight excluding hydrogens is 288 g/mol. The van der Waals surface area contributed by atoms with E-state index in [1.807, 2.05) is 18.2 Å². The van der Waals surface area contributed by atoms with Crippen molar-refractivity contribution < 1.29 is 0 Å². The fraction of sp³-hybridized carbons (Fsp3) is 0.294. The summed E-state index contributed by atoms with van der Waals surface area (Å²) in [5.74, 6) is 1.72. The lowest BCUT2D eigenvalue weighted by Gasteiger charge is -2.33. The number of piperazine rings is 1. The summed E-state index contributed by atoms with van der Waals surface area (Å²) in [6.07, 6.45) is 7.14. The minimum atomic E-state index is 0.724. The normalized spacial score (nSPS) is 16.0. The van der Waals surface area contributed by atoms with Gasteiger partial charge in [-0.1, -0.05) is 0 Å². The van der Waals surface area contributed by atoms with E-state index in [4.69, 9.17) is 4.98 Å². The topological polar surface area (TPSA) is 58.0 Å². The molecule has 0 unspecified atom stereocenters. The van der Waals surface area contributed by atoms with Gasteiger partial charge >= 0.3 is 0 Å². The van der Waals surface area contributed by atoms with Crippen LogP contribution in [0.15, 0.2) is 43.0 Å². The van der Waals surface area contributed by atoms with Gasteiger partial charge in [0.15, 0.2) is 5.82 Å². The number of anilines is 1. The molecule has 0 radical (unpaired) electrons. The van der Waals surface area contributed by atoms with Crippen molar-refractivity contribution in [1.82, 2.24) is 24.8 Å². The van der Waals surface area contributed by atoms with Crippen LogP contribution in [0.2, 0.25) is 0 Å². The number of pyridine rings is 2. The number of hydrogen-bond acceptors (Lipinski definition) is 6. The monoisotopic (exact) mass is 306 g/mol. The largest absolute Gasteiger partial charge is 0.353 e. The first-order chi connectivity index (χ1) is 11.3. The summed E-state index contributed by atoms with van der Waals surface area (Å²) in [5, 5.41) is 1.06. The van der Waals surface area contributed by atoms with Crippen LogP contribution in [0, 0.1) is 0 Å². The molecule has 0 amide bonds. The SMILES string of the molecule is CN1CCN(c2nc(-c3ccncc3)nc3cnccc23)CC1. The Hall–Kier alpha value is -2.60. The van der Waals surface area contributed by atoms with Crippen molar-refractivity contribution in [2.45, 2.75) is 0 Å². The molecule has 0 spiro atoms. The number of rotatable bonds is 2. The maximum atomic E-state index is 4.86. The molecule has 3 aromatic rings. The van der Waals surface area contributed by atoms with Gasteiger partial charge in [0.1, 0.15) is 5.82 Å². The Kier molecular flexibility index (Phi) is 3.59. The van der Waals surface area contributed by atoms with Crippen LogP contribution in [-0.2, 0) is 0 Å². The number of fused-ring (bicyclic) bond motifs is 1. The van der Waals surface area contributed by atoms with Gasteiger partial charge in [-0.3, -0.25) is 9.97 Å². The summed E-state index contributed by atoms with van der Waals surface area (Å²) in [5.41, 5.74) is 1.85. The number of aromatic nitrogens is 4. The highest BCUT2D eigenvalue weighted by Gasteiger charge is 2.19. The average molecular weight is 306 g/mol. The van der Waals surface area contributed by atoms with E-state index < -0.39 is 0 Å². The van der Waals surface area contributed by atoms with Crippen LogP contribution in [0.4, 0.5) is 5.82 Å². The van der Waals surface area contributed by atoms with Crippen LogP contribution in [0.5, 0.6) is 0 Å². The molecule has 6 heteroatoms. The number of hydrogen-bond donors (Lipinski definition) is 0. The van der Waals surface area contributed by atoms with Gasteiger partial charge in [-0.2, -0.15) is 0 Å². The molecule has 0 saturated carbocycles. The summed E-state index contributed by atoms with van der Waals surface area (Å²) < 4.78 is 0. The standard InChI is InChI=1S/C17H18N6/c1-22-8-10-23(11-9-22)17-14-4-7-19-12-15(14)20-16(21-17)13-2-5-18-6-3-13/h2-7,12H,8-11H2,1H3. The first-order valence-electron chi connectivity index (χ1n) is 7.77. The Bertz CT molecular complexity index is 812. The van der Waals surface area contributed by atoms with E-state index in [2.05, 4.69) is 31.8 Å². The molecule has 6 nitrogen and oxygen atoms in total. The lowest BCUT2D eigenvalue weighted by molar-refractivity contribution is 0.312. The predicted octanol–water partition coefficient (Wildman–Crippen LogP) is 1.84. The van der Waals surface area contributed by atoms with Crippen molar-refractivity contribution >= 4 is 16.7 Å². The summed E-state index contributed by atoms with van der Waals surface area (Å²) >= 11 is 0. The average Bonchev–Trinajstić information content (AvgIpc) is 2.62. The van der Waals surface area contributed by atoms with Crippen LogP contribution < -0.4 is 4.90 Å². The smallest absolute Gasteiger partial charge is 0.162 e. The first-order valence-corrected chi connectivity index (χ1v) is 7.77. The van der Waals surface area contributed by atoms with Crippen LogP contribution in [0.1, 0.15) is 0 Å². The fourth-order valence-corrected chi connectivity index (χ4v) is 2.85. The Morgan fingerprint density at radius 2 is 1.61 bits per heavy atom. The van der Waals surface area contributed by atoms with Gasteiger partial charge in [0.05, 0.1) is 11.7 Å². The second-order valence-electron chi connectivity index (χ2n) is 5.79. The highest BCUT2D eigenvalue weighted by atomic mass is 15.3. The maximum absolute atomic E-state index is 4.86. The van der Waals surface area contributed by atoms with E-state index >= 15 is 0 Å². The van der Waals surface area contributed by atoms with Gasteiger partial charge < -0.3 is 9.80 Å². The van der Waals surface area contributed by atoms with Gasteiger partial charge in [-0.25, -0.2) is 9.97 Å². The molecule has 1 fully saturated rings. The molecular formula is C17H18N6. The number of nitrogens with zero attached hydrogens (tertiary/aromatic N) is 6. The molecule has 1 aliphatic rings. The molecule has 0 bridgehead atoms. The predicted molar refractivity (Wildman–Crippen MR) is 90.3 cm³/mol. The zero-order valence-corrected chi connectivity index (χ0v) is 13.1. The van der Waals surface area contributed by atoms with E-state index in [1.165, 1.54) is 0 Å². The minimum absolute atomic E-state index is 0.724. The lowest BCUT2D eigenvalue weighted by atomic mass is 10.2. The molecule has 3 aromatic heterocycles. The van der Waals surface area contributed by atoms with Crippen LogP contribution in [0.25, 0.3) is 22.3 Å². The van der Waals surface area contributed by atoms with Gasteiger partial charge in [-0.05, 0) is 25.2 Å². The minimum Gasteiger partial charge on any atom is -0.353 e. The first kappa shape index (κ1) is 14.0. The molecule has 0 aliphatic carbocycles. The zero-order valence-electron chi connectivity index (χ0n) is 13.1.